The molecule has 5 heteroatoms. The third kappa shape index (κ3) is 2.13. The van der Waals surface area contributed by atoms with E-state index < -0.39 is 11.9 Å². The van der Waals surface area contributed by atoms with Gasteiger partial charge in [-0.15, -0.1) is 0 Å². The summed E-state index contributed by atoms with van der Waals surface area (Å²) in [6, 6.07) is 0. The van der Waals surface area contributed by atoms with Crippen molar-refractivity contribution in [2.75, 3.05) is 0 Å². The van der Waals surface area contributed by atoms with E-state index in [2.05, 4.69) is 9.97 Å². The van der Waals surface area contributed by atoms with Gasteiger partial charge in [-0.2, -0.15) is 0 Å². The molecule has 2 N–H and O–H groups in total. The smallest absolute Gasteiger partial charge is 0.314 e. The van der Waals surface area contributed by atoms with Gasteiger partial charge in [-0.25, -0.2) is 4.98 Å². The van der Waals surface area contributed by atoms with E-state index in [-0.39, 0.29) is 11.7 Å². The van der Waals surface area contributed by atoms with Gasteiger partial charge in [-0.3, -0.25) is 9.59 Å². The number of carboxylic acids is 1. The Bertz CT molecular complexity index is 386. The molecule has 1 aromatic rings. The molecule has 0 saturated heterocycles. The maximum atomic E-state index is 11.9. The van der Waals surface area contributed by atoms with E-state index in [1.54, 1.807) is 12.5 Å². The Morgan fingerprint density at radius 2 is 2.38 bits per heavy atom. The number of aromatic nitrogens is 2. The number of nitrogens with one attached hydrogen (secondary N) is 1. The lowest BCUT2D eigenvalue weighted by atomic mass is 9.78. The normalized spacial score (nSPS) is 25.6. The number of carbonyl (C=O) groups excluding carboxylic acids is 1. The van der Waals surface area contributed by atoms with Gasteiger partial charge in [0.2, 0.25) is 0 Å². The van der Waals surface area contributed by atoms with Crippen molar-refractivity contribution < 1.29 is 14.7 Å². The summed E-state index contributed by atoms with van der Waals surface area (Å²) >= 11 is 0. The van der Waals surface area contributed by atoms with Crippen molar-refractivity contribution in [3.63, 3.8) is 0 Å². The second kappa shape index (κ2) is 4.47. The molecule has 0 aromatic carbocycles. The summed E-state index contributed by atoms with van der Waals surface area (Å²) < 4.78 is 0. The Morgan fingerprint density at radius 1 is 1.56 bits per heavy atom. The summed E-state index contributed by atoms with van der Waals surface area (Å²) in [6.45, 7) is 0. The Kier molecular flexibility index (Phi) is 3.03. The molecule has 0 aliphatic heterocycles. The van der Waals surface area contributed by atoms with Gasteiger partial charge >= 0.3 is 5.97 Å². The van der Waals surface area contributed by atoms with E-state index in [9.17, 15) is 9.59 Å². The number of Topliss-reactive ketones (excluding diaryl/α,β-unsaturated/α-hetero) is 1. The SMILES string of the molecule is O=C(O)C1CCCC(Cc2cnc[nH]2)C1=O. The number of rotatable bonds is 3. The van der Waals surface area contributed by atoms with Crippen LogP contribution in [-0.4, -0.2) is 26.8 Å². The zero-order valence-electron chi connectivity index (χ0n) is 8.85. The number of aliphatic carboxylic acids is 1. The summed E-state index contributed by atoms with van der Waals surface area (Å²) in [7, 11) is 0. The first-order chi connectivity index (χ1) is 7.68. The highest BCUT2D eigenvalue weighted by molar-refractivity contribution is 5.99. The van der Waals surface area contributed by atoms with Crippen LogP contribution in [0, 0.1) is 11.8 Å². The lowest BCUT2D eigenvalue weighted by Gasteiger charge is -2.24. The van der Waals surface area contributed by atoms with Crippen molar-refractivity contribution in [1.29, 1.82) is 0 Å². The fourth-order valence-corrected chi connectivity index (χ4v) is 2.25. The lowest BCUT2D eigenvalue weighted by molar-refractivity contribution is -0.149. The van der Waals surface area contributed by atoms with Crippen LogP contribution in [-0.2, 0) is 16.0 Å². The Morgan fingerprint density at radius 3 is 3.00 bits per heavy atom. The number of hydrogen-bond acceptors (Lipinski definition) is 3. The van der Waals surface area contributed by atoms with Crippen molar-refractivity contribution in [3.8, 4) is 0 Å². The summed E-state index contributed by atoms with van der Waals surface area (Å²) in [5.74, 6) is -2.09. The maximum Gasteiger partial charge on any atom is 0.314 e. The highest BCUT2D eigenvalue weighted by Crippen LogP contribution is 2.28. The number of carboxylic acid groups (broad SMARTS) is 1. The van der Waals surface area contributed by atoms with Crippen LogP contribution in [0.5, 0.6) is 0 Å². The van der Waals surface area contributed by atoms with Crippen LogP contribution in [0.4, 0.5) is 0 Å². The molecule has 1 aliphatic rings. The Labute approximate surface area is 92.9 Å². The van der Waals surface area contributed by atoms with Crippen LogP contribution in [0.15, 0.2) is 12.5 Å². The molecule has 86 valence electrons. The first-order valence-corrected chi connectivity index (χ1v) is 5.42. The van der Waals surface area contributed by atoms with Crippen molar-refractivity contribution in [3.05, 3.63) is 18.2 Å². The van der Waals surface area contributed by atoms with E-state index in [0.29, 0.717) is 12.8 Å². The minimum Gasteiger partial charge on any atom is -0.481 e. The Hall–Kier alpha value is -1.65. The predicted octanol–water partition coefficient (Wildman–Crippen LogP) is 1.02. The zero-order valence-corrected chi connectivity index (χ0v) is 8.85. The monoisotopic (exact) mass is 222 g/mol. The summed E-state index contributed by atoms with van der Waals surface area (Å²) in [5.41, 5.74) is 0.893. The number of imidazole rings is 1. The summed E-state index contributed by atoms with van der Waals surface area (Å²) in [6.07, 6.45) is 5.88. The minimum atomic E-state index is -0.987. The van der Waals surface area contributed by atoms with Gasteiger partial charge in [-0.05, 0) is 19.3 Å². The molecule has 1 fully saturated rings. The van der Waals surface area contributed by atoms with Gasteiger partial charge in [0.05, 0.1) is 6.33 Å². The zero-order chi connectivity index (χ0) is 11.5. The molecule has 0 bridgehead atoms. The molecule has 0 spiro atoms. The first kappa shape index (κ1) is 10.9. The molecule has 5 nitrogen and oxygen atoms in total. The van der Waals surface area contributed by atoms with E-state index in [0.717, 1.165) is 18.5 Å². The number of aromatic amines is 1. The average molecular weight is 222 g/mol. The topological polar surface area (TPSA) is 83.0 Å². The van der Waals surface area contributed by atoms with Crippen LogP contribution in [0.3, 0.4) is 0 Å². The van der Waals surface area contributed by atoms with Gasteiger partial charge in [0, 0.05) is 17.8 Å². The quantitative estimate of drug-likeness (QED) is 0.748. The van der Waals surface area contributed by atoms with Gasteiger partial charge in [0.15, 0.2) is 5.78 Å². The van der Waals surface area contributed by atoms with Gasteiger partial charge in [0.25, 0.3) is 0 Å². The lowest BCUT2D eigenvalue weighted by Crippen LogP contribution is -2.34. The third-order valence-electron chi connectivity index (χ3n) is 3.11. The second-order valence-corrected chi connectivity index (χ2v) is 4.20. The van der Waals surface area contributed by atoms with E-state index in [1.165, 1.54) is 0 Å². The molecular weight excluding hydrogens is 208 g/mol. The molecular formula is C11H14N2O3. The largest absolute Gasteiger partial charge is 0.481 e. The Balaban J connectivity index is 2.05. The number of hydrogen-bond donors (Lipinski definition) is 2. The molecule has 1 heterocycles. The van der Waals surface area contributed by atoms with Crippen LogP contribution in [0.1, 0.15) is 25.0 Å². The van der Waals surface area contributed by atoms with Gasteiger partial charge < -0.3 is 10.1 Å². The number of nitrogens with zero attached hydrogens (tertiary/aromatic N) is 1. The molecule has 0 radical (unpaired) electrons. The number of ketones is 1. The molecule has 2 unspecified atom stereocenters. The van der Waals surface area contributed by atoms with Gasteiger partial charge in [-0.1, -0.05) is 6.42 Å². The highest BCUT2D eigenvalue weighted by atomic mass is 16.4. The molecule has 2 atom stereocenters. The van der Waals surface area contributed by atoms with Crippen LogP contribution < -0.4 is 0 Å². The standard InChI is InChI=1S/C11H14N2O3/c14-10-7(4-8-5-12-6-13-8)2-1-3-9(10)11(15)16/h5-7,9H,1-4H2,(H,12,13)(H,15,16). The van der Waals surface area contributed by atoms with Crippen molar-refractivity contribution in [1.82, 2.24) is 9.97 Å². The van der Waals surface area contributed by atoms with E-state index >= 15 is 0 Å². The predicted molar refractivity (Wildman–Crippen MR) is 55.8 cm³/mol. The first-order valence-electron chi connectivity index (χ1n) is 5.42. The average Bonchev–Trinajstić information content (AvgIpc) is 2.73. The molecule has 1 aliphatic carbocycles. The van der Waals surface area contributed by atoms with Gasteiger partial charge in [0.1, 0.15) is 5.92 Å². The van der Waals surface area contributed by atoms with Crippen molar-refractivity contribution in [2.45, 2.75) is 25.7 Å². The number of carbonyl (C=O) groups is 2. The van der Waals surface area contributed by atoms with Crippen molar-refractivity contribution in [2.24, 2.45) is 11.8 Å². The minimum absolute atomic E-state index is 0.131. The second-order valence-electron chi connectivity index (χ2n) is 4.20. The maximum absolute atomic E-state index is 11.9. The molecule has 0 amide bonds. The molecule has 2 rings (SSSR count). The third-order valence-corrected chi connectivity index (χ3v) is 3.11. The van der Waals surface area contributed by atoms with Crippen LogP contribution in [0.25, 0.3) is 0 Å². The summed E-state index contributed by atoms with van der Waals surface area (Å²) in [4.78, 5) is 29.6. The molecule has 1 aromatic heterocycles. The molecule has 16 heavy (non-hydrogen) atoms. The molecule has 1 saturated carbocycles. The van der Waals surface area contributed by atoms with E-state index in [4.69, 9.17) is 5.11 Å². The van der Waals surface area contributed by atoms with Crippen LogP contribution >= 0.6 is 0 Å². The summed E-state index contributed by atoms with van der Waals surface area (Å²) in [5, 5.41) is 8.91. The van der Waals surface area contributed by atoms with Crippen LogP contribution in [0.2, 0.25) is 0 Å². The van der Waals surface area contributed by atoms with Crippen molar-refractivity contribution >= 4 is 11.8 Å². The fourth-order valence-electron chi connectivity index (χ4n) is 2.25. The fraction of sp³-hybridized carbons (Fsp3) is 0.545. The highest BCUT2D eigenvalue weighted by Gasteiger charge is 2.35. The van der Waals surface area contributed by atoms with E-state index in [1.807, 2.05) is 0 Å². The number of H-pyrrole nitrogens is 1.